The molecule has 0 atom stereocenters. The number of nitrogens with zero attached hydrogens (tertiary/aromatic N) is 1. The third-order valence-corrected chi connectivity index (χ3v) is 5.63. The Kier molecular flexibility index (Phi) is 6.18. The predicted molar refractivity (Wildman–Crippen MR) is 127 cm³/mol. The molecule has 30 heavy (non-hydrogen) atoms. The monoisotopic (exact) mass is 473 g/mol. The lowest BCUT2D eigenvalue weighted by Crippen LogP contribution is -1.97. The molecule has 0 aromatic heterocycles. The molecule has 0 bridgehead atoms. The average molecular weight is 475 g/mol. The zero-order valence-corrected chi connectivity index (χ0v) is 18.3. The van der Waals surface area contributed by atoms with Crippen molar-refractivity contribution in [1.29, 1.82) is 5.26 Å². The molecule has 0 radical (unpaired) electrons. The van der Waals surface area contributed by atoms with Crippen LogP contribution >= 0.6 is 27.5 Å². The van der Waals surface area contributed by atoms with Crippen molar-refractivity contribution in [2.75, 3.05) is 0 Å². The summed E-state index contributed by atoms with van der Waals surface area (Å²) in [6.45, 7) is 0.429. The maximum atomic E-state index is 9.54. The maximum absolute atomic E-state index is 9.54. The van der Waals surface area contributed by atoms with Crippen LogP contribution in [0.1, 0.15) is 16.7 Å². The van der Waals surface area contributed by atoms with Gasteiger partial charge in [-0.05, 0) is 57.8 Å². The van der Waals surface area contributed by atoms with Crippen LogP contribution in [-0.2, 0) is 6.61 Å². The van der Waals surface area contributed by atoms with Gasteiger partial charge in [-0.2, -0.15) is 5.26 Å². The van der Waals surface area contributed by atoms with Gasteiger partial charge < -0.3 is 4.74 Å². The van der Waals surface area contributed by atoms with Crippen molar-refractivity contribution < 1.29 is 4.74 Å². The number of hydrogen-bond acceptors (Lipinski definition) is 2. The van der Waals surface area contributed by atoms with Gasteiger partial charge in [-0.15, -0.1) is 0 Å². The molecule has 0 saturated carbocycles. The van der Waals surface area contributed by atoms with E-state index in [-0.39, 0.29) is 0 Å². The minimum Gasteiger partial charge on any atom is -0.487 e. The number of allylic oxidation sites excluding steroid dienone is 1. The zero-order chi connectivity index (χ0) is 20.9. The Morgan fingerprint density at radius 3 is 2.50 bits per heavy atom. The molecule has 2 nitrogen and oxygen atoms in total. The van der Waals surface area contributed by atoms with Crippen LogP contribution in [0.3, 0.4) is 0 Å². The average Bonchev–Trinajstić information content (AvgIpc) is 2.77. The molecular formula is C26H17BrClNO. The van der Waals surface area contributed by atoms with Gasteiger partial charge in [-0.3, -0.25) is 0 Å². The topological polar surface area (TPSA) is 33.0 Å². The van der Waals surface area contributed by atoms with E-state index in [1.165, 1.54) is 10.8 Å². The first kappa shape index (κ1) is 20.2. The molecule has 0 aliphatic rings. The Morgan fingerprint density at radius 1 is 0.967 bits per heavy atom. The molecule has 4 rings (SSSR count). The SMILES string of the molecule is N#C/C(=C\c1ccc(OCc2cccc3ccccc23)c(Cl)c1)c1ccc(Br)cc1. The highest BCUT2D eigenvalue weighted by atomic mass is 79.9. The fourth-order valence-electron chi connectivity index (χ4n) is 3.27. The highest BCUT2D eigenvalue weighted by Crippen LogP contribution is 2.29. The third-order valence-electron chi connectivity index (χ3n) is 4.81. The van der Waals surface area contributed by atoms with E-state index in [1.807, 2.05) is 66.7 Å². The fraction of sp³-hybridized carbons (Fsp3) is 0.0385. The van der Waals surface area contributed by atoms with Gasteiger partial charge >= 0.3 is 0 Å². The van der Waals surface area contributed by atoms with Gasteiger partial charge in [-0.1, -0.05) is 88.2 Å². The largest absolute Gasteiger partial charge is 0.487 e. The summed E-state index contributed by atoms with van der Waals surface area (Å²) in [6.07, 6.45) is 1.82. The summed E-state index contributed by atoms with van der Waals surface area (Å²) in [5, 5.41) is 12.4. The molecule has 146 valence electrons. The molecule has 0 saturated heterocycles. The van der Waals surface area contributed by atoms with Crippen molar-refractivity contribution in [3.05, 3.63) is 111 Å². The fourth-order valence-corrected chi connectivity index (χ4v) is 3.78. The van der Waals surface area contributed by atoms with Gasteiger partial charge in [0.15, 0.2) is 0 Å². The highest BCUT2D eigenvalue weighted by Gasteiger charge is 2.07. The molecule has 4 aromatic rings. The van der Waals surface area contributed by atoms with E-state index >= 15 is 0 Å². The molecule has 0 fully saturated rings. The van der Waals surface area contributed by atoms with Gasteiger partial charge in [0.1, 0.15) is 12.4 Å². The van der Waals surface area contributed by atoms with E-state index in [0.29, 0.717) is 23.0 Å². The molecule has 0 aliphatic heterocycles. The van der Waals surface area contributed by atoms with E-state index in [1.54, 1.807) is 0 Å². The smallest absolute Gasteiger partial charge is 0.138 e. The molecule has 0 heterocycles. The van der Waals surface area contributed by atoms with Crippen LogP contribution in [0.15, 0.2) is 89.4 Å². The van der Waals surface area contributed by atoms with Crippen molar-refractivity contribution in [2.24, 2.45) is 0 Å². The van der Waals surface area contributed by atoms with Gasteiger partial charge in [0.05, 0.1) is 16.7 Å². The Hall–Kier alpha value is -3.06. The van der Waals surface area contributed by atoms with E-state index in [9.17, 15) is 5.26 Å². The van der Waals surface area contributed by atoms with Crippen molar-refractivity contribution in [3.8, 4) is 11.8 Å². The first-order chi connectivity index (χ1) is 14.6. The Balaban J connectivity index is 1.54. The minimum atomic E-state index is 0.429. The number of rotatable bonds is 5. The zero-order valence-electron chi connectivity index (χ0n) is 16.0. The van der Waals surface area contributed by atoms with Crippen LogP contribution in [0.5, 0.6) is 5.75 Å². The van der Waals surface area contributed by atoms with Crippen molar-refractivity contribution in [3.63, 3.8) is 0 Å². The first-order valence-corrected chi connectivity index (χ1v) is 10.6. The molecule has 0 N–H and O–H groups in total. The summed E-state index contributed by atoms with van der Waals surface area (Å²) in [5.74, 6) is 0.615. The Morgan fingerprint density at radius 2 is 1.73 bits per heavy atom. The molecule has 4 aromatic carbocycles. The van der Waals surface area contributed by atoms with Crippen LogP contribution in [0.2, 0.25) is 5.02 Å². The van der Waals surface area contributed by atoms with E-state index < -0.39 is 0 Å². The number of benzene rings is 4. The van der Waals surface area contributed by atoms with Crippen LogP contribution in [0.4, 0.5) is 0 Å². The summed E-state index contributed by atoms with van der Waals surface area (Å²) < 4.78 is 6.96. The summed E-state index contributed by atoms with van der Waals surface area (Å²) in [5.41, 5.74) is 3.38. The first-order valence-electron chi connectivity index (χ1n) is 9.41. The predicted octanol–water partition coefficient (Wildman–Crippen LogP) is 7.90. The lowest BCUT2D eigenvalue weighted by atomic mass is 10.0. The van der Waals surface area contributed by atoms with Crippen LogP contribution in [0.25, 0.3) is 22.4 Å². The van der Waals surface area contributed by atoms with Gasteiger partial charge in [-0.25, -0.2) is 0 Å². The number of fused-ring (bicyclic) bond motifs is 1. The van der Waals surface area contributed by atoms with Crippen molar-refractivity contribution >= 4 is 50.0 Å². The van der Waals surface area contributed by atoms with Gasteiger partial charge in [0, 0.05) is 4.47 Å². The van der Waals surface area contributed by atoms with Crippen LogP contribution in [0, 0.1) is 11.3 Å². The molecule has 0 spiro atoms. The third kappa shape index (κ3) is 4.57. The molecular weight excluding hydrogens is 458 g/mol. The van der Waals surface area contributed by atoms with Gasteiger partial charge in [0.25, 0.3) is 0 Å². The van der Waals surface area contributed by atoms with Crippen molar-refractivity contribution in [2.45, 2.75) is 6.61 Å². The molecule has 0 aliphatic carbocycles. The maximum Gasteiger partial charge on any atom is 0.138 e. The lowest BCUT2D eigenvalue weighted by Gasteiger charge is -2.11. The summed E-state index contributed by atoms with van der Waals surface area (Å²) >= 11 is 9.88. The number of halogens is 2. The Bertz CT molecular complexity index is 1270. The standard InChI is InChI=1S/C26H17BrClNO/c27-23-11-9-19(10-12-23)22(16-29)14-18-8-13-26(25(28)15-18)30-17-21-6-3-5-20-4-1-2-7-24(20)21/h1-15H,17H2/b22-14+. The molecule has 0 unspecified atom stereocenters. The second-order valence-corrected chi connectivity index (χ2v) is 8.12. The minimum absolute atomic E-state index is 0.429. The number of ether oxygens (including phenoxy) is 1. The van der Waals surface area contributed by atoms with E-state index in [0.717, 1.165) is 21.2 Å². The highest BCUT2D eigenvalue weighted by molar-refractivity contribution is 9.10. The lowest BCUT2D eigenvalue weighted by molar-refractivity contribution is 0.308. The molecule has 4 heteroatoms. The normalized spacial score (nSPS) is 11.3. The van der Waals surface area contributed by atoms with Gasteiger partial charge in [0.2, 0.25) is 0 Å². The van der Waals surface area contributed by atoms with Crippen molar-refractivity contribution in [1.82, 2.24) is 0 Å². The summed E-state index contributed by atoms with van der Waals surface area (Å²) in [6, 6.07) is 29.9. The quantitative estimate of drug-likeness (QED) is 0.217. The van der Waals surface area contributed by atoms with Crippen LogP contribution in [-0.4, -0.2) is 0 Å². The summed E-state index contributed by atoms with van der Waals surface area (Å²) in [4.78, 5) is 0. The number of nitriles is 1. The number of hydrogen-bond donors (Lipinski definition) is 0. The van der Waals surface area contributed by atoms with E-state index in [4.69, 9.17) is 16.3 Å². The van der Waals surface area contributed by atoms with E-state index in [2.05, 4.69) is 46.3 Å². The molecule has 0 amide bonds. The second kappa shape index (κ2) is 9.17. The van der Waals surface area contributed by atoms with Crippen LogP contribution < -0.4 is 4.74 Å². The second-order valence-electron chi connectivity index (χ2n) is 6.79. The Labute approximate surface area is 189 Å². The summed E-state index contributed by atoms with van der Waals surface area (Å²) in [7, 11) is 0.